The van der Waals surface area contributed by atoms with Gasteiger partial charge in [0.25, 0.3) is 0 Å². The van der Waals surface area contributed by atoms with E-state index in [2.05, 4.69) is 57.7 Å². The van der Waals surface area contributed by atoms with E-state index < -0.39 is 0 Å². The zero-order valence-electron chi connectivity index (χ0n) is 9.20. The molecule has 0 bridgehead atoms. The van der Waals surface area contributed by atoms with E-state index in [1.54, 1.807) is 0 Å². The van der Waals surface area contributed by atoms with Gasteiger partial charge in [0.1, 0.15) is 0 Å². The molecule has 4 nitrogen and oxygen atoms in total. The van der Waals surface area contributed by atoms with Crippen molar-refractivity contribution in [2.75, 3.05) is 18.4 Å². The van der Waals surface area contributed by atoms with Crippen molar-refractivity contribution in [3.63, 3.8) is 0 Å². The number of aromatic nitrogens is 1. The lowest BCUT2D eigenvalue weighted by molar-refractivity contribution is 0.958. The zero-order valence-corrected chi connectivity index (χ0v) is 9.20. The molecule has 1 aromatic heterocycles. The molecule has 0 aliphatic carbocycles. The number of anilines is 1. The molecule has 1 aromatic carbocycles. The molecule has 0 spiro atoms. The summed E-state index contributed by atoms with van der Waals surface area (Å²) in [6.45, 7) is 1.77. The highest BCUT2D eigenvalue weighted by molar-refractivity contribution is 6.02. The van der Waals surface area contributed by atoms with Crippen LogP contribution in [0.3, 0.4) is 0 Å². The second-order valence-electron chi connectivity index (χ2n) is 3.95. The quantitative estimate of drug-likeness (QED) is 0.756. The zero-order chi connectivity index (χ0) is 11.0. The third-order valence-electron chi connectivity index (χ3n) is 2.82. The van der Waals surface area contributed by atoms with Crippen molar-refractivity contribution in [2.45, 2.75) is 0 Å². The summed E-state index contributed by atoms with van der Waals surface area (Å²) in [7, 11) is 2.05. The fraction of sp³-hybridized carbons (Fsp3) is 0.250. The van der Waals surface area contributed by atoms with Crippen LogP contribution in [0.25, 0.3) is 10.9 Å². The van der Waals surface area contributed by atoms with Gasteiger partial charge in [0.2, 0.25) is 0 Å². The van der Waals surface area contributed by atoms with Gasteiger partial charge in [-0.2, -0.15) is 0 Å². The number of hydrogen-bond acceptors (Lipinski definition) is 3. The first-order chi connectivity index (χ1) is 7.84. The molecule has 0 radical (unpaired) electrons. The number of aryl methyl sites for hydroxylation is 1. The Balaban J connectivity index is 2.05. The topological polar surface area (TPSA) is 41.4 Å². The summed E-state index contributed by atoms with van der Waals surface area (Å²) in [5.74, 6) is 0.869. The molecule has 16 heavy (non-hydrogen) atoms. The fourth-order valence-electron chi connectivity index (χ4n) is 2.07. The molecule has 1 aliphatic heterocycles. The summed E-state index contributed by atoms with van der Waals surface area (Å²) >= 11 is 0. The first kappa shape index (κ1) is 9.27. The molecule has 82 valence electrons. The summed E-state index contributed by atoms with van der Waals surface area (Å²) < 4.78 is 2.12. The van der Waals surface area contributed by atoms with Gasteiger partial charge in [-0.3, -0.25) is 4.99 Å². The number of guanidine groups is 1. The first-order valence-electron chi connectivity index (χ1n) is 5.44. The van der Waals surface area contributed by atoms with Crippen molar-refractivity contribution in [3.8, 4) is 0 Å². The molecule has 1 aliphatic rings. The third-order valence-corrected chi connectivity index (χ3v) is 2.82. The van der Waals surface area contributed by atoms with E-state index in [9.17, 15) is 0 Å². The largest absolute Gasteiger partial charge is 0.354 e. The van der Waals surface area contributed by atoms with Gasteiger partial charge in [-0.15, -0.1) is 0 Å². The SMILES string of the molecule is Cn1ccc2cccc(NC3=NCCN3)c21. The first-order valence-corrected chi connectivity index (χ1v) is 5.44. The van der Waals surface area contributed by atoms with Crippen LogP contribution in [0.2, 0.25) is 0 Å². The van der Waals surface area contributed by atoms with Crippen molar-refractivity contribution in [1.82, 2.24) is 9.88 Å². The Bertz CT molecular complexity index is 553. The molecule has 0 saturated heterocycles. The number of benzene rings is 1. The van der Waals surface area contributed by atoms with Gasteiger partial charge in [-0.05, 0) is 12.1 Å². The van der Waals surface area contributed by atoms with Crippen LogP contribution in [0.5, 0.6) is 0 Å². The molecule has 3 rings (SSSR count). The molecular formula is C12H14N4. The molecule has 2 aromatic rings. The number of rotatable bonds is 1. The molecule has 4 heteroatoms. The normalized spacial score (nSPS) is 14.9. The van der Waals surface area contributed by atoms with Crippen molar-refractivity contribution >= 4 is 22.5 Å². The monoisotopic (exact) mass is 214 g/mol. The fourth-order valence-corrected chi connectivity index (χ4v) is 2.07. The van der Waals surface area contributed by atoms with Crippen LogP contribution < -0.4 is 10.6 Å². The van der Waals surface area contributed by atoms with E-state index in [-0.39, 0.29) is 0 Å². The summed E-state index contributed by atoms with van der Waals surface area (Å²) in [4.78, 5) is 4.34. The highest BCUT2D eigenvalue weighted by Gasteiger charge is 2.08. The van der Waals surface area contributed by atoms with E-state index in [4.69, 9.17) is 0 Å². The number of nitrogens with one attached hydrogen (secondary N) is 2. The average molecular weight is 214 g/mol. The Morgan fingerprint density at radius 2 is 2.31 bits per heavy atom. The van der Waals surface area contributed by atoms with E-state index in [1.807, 2.05) is 0 Å². The van der Waals surface area contributed by atoms with E-state index in [1.165, 1.54) is 10.9 Å². The smallest absolute Gasteiger partial charge is 0.195 e. The van der Waals surface area contributed by atoms with Gasteiger partial charge < -0.3 is 15.2 Å². The van der Waals surface area contributed by atoms with Gasteiger partial charge in [0.05, 0.1) is 17.7 Å². The maximum absolute atomic E-state index is 4.34. The summed E-state index contributed by atoms with van der Waals surface area (Å²) in [5, 5.41) is 7.78. The standard InChI is InChI=1S/C12H14N4/c1-16-8-5-9-3-2-4-10(11(9)16)15-12-13-6-7-14-12/h2-5,8H,6-7H2,1H3,(H2,13,14,15). The molecule has 0 atom stereocenters. The lowest BCUT2D eigenvalue weighted by Gasteiger charge is -2.09. The number of hydrogen-bond donors (Lipinski definition) is 2. The molecule has 0 fully saturated rings. The van der Waals surface area contributed by atoms with E-state index >= 15 is 0 Å². The molecule has 0 amide bonds. The molecule has 0 unspecified atom stereocenters. The van der Waals surface area contributed by atoms with Gasteiger partial charge in [-0.1, -0.05) is 12.1 Å². The Morgan fingerprint density at radius 1 is 1.38 bits per heavy atom. The van der Waals surface area contributed by atoms with E-state index in [0.29, 0.717) is 0 Å². The van der Waals surface area contributed by atoms with Crippen molar-refractivity contribution in [1.29, 1.82) is 0 Å². The highest BCUT2D eigenvalue weighted by atomic mass is 15.2. The summed E-state index contributed by atoms with van der Waals surface area (Å²) in [6, 6.07) is 8.36. The van der Waals surface area contributed by atoms with Crippen LogP contribution in [0, 0.1) is 0 Å². The van der Waals surface area contributed by atoms with Gasteiger partial charge >= 0.3 is 0 Å². The maximum atomic E-state index is 4.34. The van der Waals surface area contributed by atoms with Crippen LogP contribution in [-0.2, 0) is 7.05 Å². The Kier molecular flexibility index (Phi) is 2.06. The van der Waals surface area contributed by atoms with Crippen molar-refractivity contribution < 1.29 is 0 Å². The highest BCUT2D eigenvalue weighted by Crippen LogP contribution is 2.23. The molecule has 2 heterocycles. The molecular weight excluding hydrogens is 200 g/mol. The lowest BCUT2D eigenvalue weighted by Crippen LogP contribution is -2.26. The van der Waals surface area contributed by atoms with Gasteiger partial charge in [0.15, 0.2) is 5.96 Å². The molecule has 2 N–H and O–H groups in total. The molecule has 0 saturated carbocycles. The number of aliphatic imine (C=N–C) groups is 1. The minimum atomic E-state index is 0.853. The predicted molar refractivity (Wildman–Crippen MR) is 66.8 cm³/mol. The van der Waals surface area contributed by atoms with Gasteiger partial charge in [0, 0.05) is 25.2 Å². The van der Waals surface area contributed by atoms with Crippen LogP contribution in [-0.4, -0.2) is 23.6 Å². The van der Waals surface area contributed by atoms with Crippen LogP contribution in [0.15, 0.2) is 35.5 Å². The third kappa shape index (κ3) is 1.43. The maximum Gasteiger partial charge on any atom is 0.195 e. The lowest BCUT2D eigenvalue weighted by atomic mass is 10.2. The van der Waals surface area contributed by atoms with Crippen molar-refractivity contribution in [3.05, 3.63) is 30.5 Å². The average Bonchev–Trinajstić information content (AvgIpc) is 2.90. The summed E-state index contributed by atoms with van der Waals surface area (Å²) in [6.07, 6.45) is 2.07. The number of nitrogens with zero attached hydrogens (tertiary/aromatic N) is 2. The number of fused-ring (bicyclic) bond motifs is 1. The van der Waals surface area contributed by atoms with Crippen LogP contribution >= 0.6 is 0 Å². The van der Waals surface area contributed by atoms with Crippen LogP contribution in [0.1, 0.15) is 0 Å². The summed E-state index contributed by atoms with van der Waals surface area (Å²) in [5.41, 5.74) is 2.30. The van der Waals surface area contributed by atoms with Gasteiger partial charge in [-0.25, -0.2) is 0 Å². The minimum absolute atomic E-state index is 0.853. The number of para-hydroxylation sites is 1. The van der Waals surface area contributed by atoms with E-state index in [0.717, 1.165) is 24.7 Å². The minimum Gasteiger partial charge on any atom is -0.354 e. The Morgan fingerprint density at radius 3 is 3.12 bits per heavy atom. The van der Waals surface area contributed by atoms with Crippen molar-refractivity contribution in [2.24, 2.45) is 12.0 Å². The predicted octanol–water partition coefficient (Wildman–Crippen LogP) is 1.55. The second kappa shape index (κ2) is 3.56. The Hall–Kier alpha value is -1.97. The van der Waals surface area contributed by atoms with Crippen LogP contribution in [0.4, 0.5) is 5.69 Å². The Labute approximate surface area is 94.0 Å². The second-order valence-corrected chi connectivity index (χ2v) is 3.95.